The van der Waals surface area contributed by atoms with Gasteiger partial charge < -0.3 is 5.73 Å². The van der Waals surface area contributed by atoms with Crippen LogP contribution in [0.5, 0.6) is 0 Å². The smallest absolute Gasteiger partial charge is 0.208 e. The predicted molar refractivity (Wildman–Crippen MR) is 86.8 cm³/mol. The maximum atomic E-state index is 13.8. The number of carbonyl (C=O) groups is 1. The molecule has 3 nitrogen and oxygen atoms in total. The lowest BCUT2D eigenvalue weighted by atomic mass is 10.0. The Morgan fingerprint density at radius 1 is 1.18 bits per heavy atom. The van der Waals surface area contributed by atoms with Gasteiger partial charge in [-0.25, -0.2) is 9.37 Å². The molecule has 0 fully saturated rings. The lowest BCUT2D eigenvalue weighted by molar-refractivity contribution is 0.103. The number of ketones is 1. The second-order valence-corrected chi connectivity index (χ2v) is 6.02. The number of nitrogens with zero attached hydrogens (tertiary/aromatic N) is 1. The summed E-state index contributed by atoms with van der Waals surface area (Å²) in [6.07, 6.45) is 0. The minimum atomic E-state index is -0.573. The monoisotopic (exact) mass is 332 g/mol. The number of nitrogen functional groups attached to an aromatic ring is 1. The van der Waals surface area contributed by atoms with Gasteiger partial charge in [-0.3, -0.25) is 4.79 Å². The molecule has 0 unspecified atom stereocenters. The number of anilines is 1. The molecule has 0 saturated heterocycles. The molecule has 0 atom stereocenters. The first-order chi connectivity index (χ1) is 10.6. The third-order valence-corrected chi connectivity index (χ3v) is 4.18. The largest absolute Gasteiger partial charge is 0.375 e. The van der Waals surface area contributed by atoms with Gasteiger partial charge in [0.1, 0.15) is 10.7 Å². The third-order valence-electron chi connectivity index (χ3n) is 3.07. The maximum absolute atomic E-state index is 13.8. The number of benzene rings is 2. The van der Waals surface area contributed by atoms with Crippen LogP contribution in [0.4, 0.5) is 9.52 Å². The summed E-state index contributed by atoms with van der Waals surface area (Å²) in [5, 5.41) is 0.767. The molecule has 110 valence electrons. The van der Waals surface area contributed by atoms with E-state index >= 15 is 0 Å². The van der Waals surface area contributed by atoms with Crippen molar-refractivity contribution in [3.8, 4) is 11.3 Å². The van der Waals surface area contributed by atoms with Gasteiger partial charge >= 0.3 is 0 Å². The lowest BCUT2D eigenvalue weighted by Crippen LogP contribution is -2.03. The van der Waals surface area contributed by atoms with Gasteiger partial charge in [-0.15, -0.1) is 0 Å². The molecular formula is C16H10ClFN2OS. The Morgan fingerprint density at radius 3 is 2.68 bits per heavy atom. The highest BCUT2D eigenvalue weighted by atomic mass is 35.5. The van der Waals surface area contributed by atoms with E-state index in [1.165, 1.54) is 18.2 Å². The Labute approximate surface area is 135 Å². The van der Waals surface area contributed by atoms with Crippen LogP contribution in [0.1, 0.15) is 15.2 Å². The summed E-state index contributed by atoms with van der Waals surface area (Å²) in [4.78, 5) is 17.1. The van der Waals surface area contributed by atoms with Crippen molar-refractivity contribution in [1.82, 2.24) is 4.98 Å². The maximum Gasteiger partial charge on any atom is 0.208 e. The second-order valence-electron chi connectivity index (χ2n) is 4.55. The Kier molecular flexibility index (Phi) is 3.92. The highest BCUT2D eigenvalue weighted by Gasteiger charge is 2.22. The van der Waals surface area contributed by atoms with Gasteiger partial charge in [0.15, 0.2) is 5.13 Å². The van der Waals surface area contributed by atoms with Crippen LogP contribution in [0.2, 0.25) is 5.02 Å². The molecule has 2 N–H and O–H groups in total. The Hall–Kier alpha value is -2.24. The molecule has 0 aliphatic rings. The molecule has 0 aliphatic carbocycles. The minimum Gasteiger partial charge on any atom is -0.375 e. The summed E-state index contributed by atoms with van der Waals surface area (Å²) in [5.74, 6) is -1.02. The molecule has 0 spiro atoms. The SMILES string of the molecule is Nc1nc(-c2cccc(Cl)c2)c(C(=O)c2ccccc2F)s1. The van der Waals surface area contributed by atoms with Gasteiger partial charge in [0.2, 0.25) is 5.78 Å². The van der Waals surface area contributed by atoms with Crippen molar-refractivity contribution < 1.29 is 9.18 Å². The predicted octanol–water partition coefficient (Wildman–Crippen LogP) is 4.42. The fourth-order valence-electron chi connectivity index (χ4n) is 2.09. The quantitative estimate of drug-likeness (QED) is 0.722. The highest BCUT2D eigenvalue weighted by Crippen LogP contribution is 2.33. The first kappa shape index (κ1) is 14.7. The van der Waals surface area contributed by atoms with Crippen molar-refractivity contribution in [3.05, 3.63) is 69.8 Å². The topological polar surface area (TPSA) is 56.0 Å². The van der Waals surface area contributed by atoms with E-state index in [1.54, 1.807) is 30.3 Å². The van der Waals surface area contributed by atoms with Crippen molar-refractivity contribution in [2.75, 3.05) is 5.73 Å². The fraction of sp³-hybridized carbons (Fsp3) is 0. The number of carbonyl (C=O) groups excluding carboxylic acids is 1. The molecule has 22 heavy (non-hydrogen) atoms. The van der Waals surface area contributed by atoms with Crippen LogP contribution in [-0.2, 0) is 0 Å². The van der Waals surface area contributed by atoms with Gasteiger partial charge in [0.25, 0.3) is 0 Å². The van der Waals surface area contributed by atoms with Crippen LogP contribution in [0.15, 0.2) is 48.5 Å². The highest BCUT2D eigenvalue weighted by molar-refractivity contribution is 7.18. The van der Waals surface area contributed by atoms with Crippen LogP contribution in [0.25, 0.3) is 11.3 Å². The molecular weight excluding hydrogens is 323 g/mol. The molecule has 0 radical (unpaired) electrons. The van der Waals surface area contributed by atoms with Gasteiger partial charge in [0.05, 0.1) is 11.3 Å². The fourth-order valence-corrected chi connectivity index (χ4v) is 3.09. The zero-order chi connectivity index (χ0) is 15.7. The minimum absolute atomic E-state index is 0.00516. The summed E-state index contributed by atoms with van der Waals surface area (Å²) in [6, 6.07) is 12.8. The average molecular weight is 333 g/mol. The average Bonchev–Trinajstić information content (AvgIpc) is 2.89. The molecule has 6 heteroatoms. The summed E-state index contributed by atoms with van der Waals surface area (Å²) in [6.45, 7) is 0. The van der Waals surface area contributed by atoms with Crippen LogP contribution < -0.4 is 5.73 Å². The molecule has 1 aromatic heterocycles. The number of nitrogens with two attached hydrogens (primary N) is 1. The molecule has 3 aromatic rings. The Balaban J connectivity index is 2.13. The number of aromatic nitrogens is 1. The Bertz CT molecular complexity index is 863. The van der Waals surface area contributed by atoms with Crippen molar-refractivity contribution in [2.24, 2.45) is 0 Å². The number of thiazole rings is 1. The van der Waals surface area contributed by atoms with Crippen molar-refractivity contribution in [3.63, 3.8) is 0 Å². The van der Waals surface area contributed by atoms with Gasteiger partial charge in [-0.1, -0.05) is 47.2 Å². The zero-order valence-electron chi connectivity index (χ0n) is 11.2. The number of halogens is 2. The molecule has 0 saturated carbocycles. The second kappa shape index (κ2) is 5.87. The zero-order valence-corrected chi connectivity index (χ0v) is 12.8. The van der Waals surface area contributed by atoms with E-state index in [0.717, 1.165) is 11.3 Å². The van der Waals surface area contributed by atoms with Crippen molar-refractivity contribution >= 4 is 33.9 Å². The van der Waals surface area contributed by atoms with E-state index in [-0.39, 0.29) is 10.7 Å². The molecule has 0 aliphatic heterocycles. The Morgan fingerprint density at radius 2 is 1.95 bits per heavy atom. The van der Waals surface area contributed by atoms with Crippen LogP contribution >= 0.6 is 22.9 Å². The van der Waals surface area contributed by atoms with E-state index in [9.17, 15) is 9.18 Å². The van der Waals surface area contributed by atoms with E-state index in [4.69, 9.17) is 17.3 Å². The molecule has 3 rings (SSSR count). The summed E-state index contributed by atoms with van der Waals surface area (Å²) in [5.41, 5.74) is 6.81. The van der Waals surface area contributed by atoms with E-state index in [2.05, 4.69) is 4.98 Å². The van der Waals surface area contributed by atoms with E-state index in [1.807, 2.05) is 0 Å². The summed E-state index contributed by atoms with van der Waals surface area (Å²) in [7, 11) is 0. The van der Waals surface area contributed by atoms with Crippen molar-refractivity contribution in [2.45, 2.75) is 0 Å². The van der Waals surface area contributed by atoms with Gasteiger partial charge in [-0.2, -0.15) is 0 Å². The lowest BCUT2D eigenvalue weighted by Gasteiger charge is -2.03. The standard InChI is InChI=1S/C16H10ClFN2OS/c17-10-5-3-4-9(8-10)13-15(22-16(19)20-13)14(21)11-6-1-2-7-12(11)18/h1-8H,(H2,19,20). The van der Waals surface area contributed by atoms with Gasteiger partial charge in [-0.05, 0) is 24.3 Å². The molecule has 2 aromatic carbocycles. The number of rotatable bonds is 3. The van der Waals surface area contributed by atoms with Gasteiger partial charge in [0, 0.05) is 10.6 Å². The first-order valence-electron chi connectivity index (χ1n) is 6.37. The summed E-state index contributed by atoms with van der Waals surface area (Å²) < 4.78 is 13.8. The van der Waals surface area contributed by atoms with Crippen LogP contribution in [-0.4, -0.2) is 10.8 Å². The van der Waals surface area contributed by atoms with E-state index in [0.29, 0.717) is 21.2 Å². The first-order valence-corrected chi connectivity index (χ1v) is 7.57. The molecule has 0 bridgehead atoms. The third kappa shape index (κ3) is 2.73. The normalized spacial score (nSPS) is 10.6. The number of hydrogen-bond acceptors (Lipinski definition) is 4. The van der Waals surface area contributed by atoms with Crippen LogP contribution in [0.3, 0.4) is 0 Å². The molecule has 0 amide bonds. The molecule has 1 heterocycles. The van der Waals surface area contributed by atoms with Crippen molar-refractivity contribution in [1.29, 1.82) is 0 Å². The summed E-state index contributed by atoms with van der Waals surface area (Å²) >= 11 is 7.01. The number of hydrogen-bond donors (Lipinski definition) is 1. The van der Waals surface area contributed by atoms with Crippen LogP contribution in [0, 0.1) is 5.82 Å². The van der Waals surface area contributed by atoms with E-state index < -0.39 is 11.6 Å².